The van der Waals surface area contributed by atoms with Crippen molar-refractivity contribution in [3.05, 3.63) is 54.9 Å². The Labute approximate surface area is 82.0 Å². The Hall–Kier alpha value is -1.89. The van der Waals surface area contributed by atoms with Gasteiger partial charge < -0.3 is 0 Å². The van der Waals surface area contributed by atoms with Crippen LogP contribution in [0, 0.1) is 6.07 Å². The number of hydrogen-bond acceptors (Lipinski definition) is 1. The van der Waals surface area contributed by atoms with E-state index in [9.17, 15) is 0 Å². The second-order valence-corrected chi connectivity index (χ2v) is 3.30. The van der Waals surface area contributed by atoms with Crippen LogP contribution in [0.25, 0.3) is 21.5 Å². The van der Waals surface area contributed by atoms with Crippen molar-refractivity contribution in [3.63, 3.8) is 0 Å². The van der Waals surface area contributed by atoms with E-state index < -0.39 is 0 Å². The minimum atomic E-state index is 1.14. The third kappa shape index (κ3) is 0.990. The topological polar surface area (TPSA) is 12.9 Å². The summed E-state index contributed by atoms with van der Waals surface area (Å²) in [4.78, 5) is 4.06. The van der Waals surface area contributed by atoms with Crippen molar-refractivity contribution in [1.82, 2.24) is 4.98 Å². The minimum Gasteiger partial charge on any atom is -0.263 e. The van der Waals surface area contributed by atoms with Gasteiger partial charge in [-0.3, -0.25) is 4.98 Å². The molecule has 0 aliphatic carbocycles. The molecule has 0 aliphatic rings. The standard InChI is InChI=1S/C13H8N/c1-2-4-12-10(3-1)5-6-11-9-14-8-7-13(11)12/h1-6,8-9H. The first-order valence-corrected chi connectivity index (χ1v) is 4.58. The second kappa shape index (κ2) is 2.81. The molecule has 1 aromatic heterocycles. The van der Waals surface area contributed by atoms with Gasteiger partial charge in [0.2, 0.25) is 0 Å². The molecule has 0 N–H and O–H groups in total. The Balaban J connectivity index is 2.61. The predicted octanol–water partition coefficient (Wildman–Crippen LogP) is 3.19. The van der Waals surface area contributed by atoms with Gasteiger partial charge in [-0.2, -0.15) is 0 Å². The van der Waals surface area contributed by atoms with Crippen molar-refractivity contribution in [2.24, 2.45) is 0 Å². The number of fused-ring (bicyclic) bond motifs is 3. The third-order valence-electron chi connectivity index (χ3n) is 2.46. The Morgan fingerprint density at radius 3 is 2.79 bits per heavy atom. The molecule has 14 heavy (non-hydrogen) atoms. The van der Waals surface area contributed by atoms with Crippen molar-refractivity contribution in [1.29, 1.82) is 0 Å². The number of benzene rings is 2. The second-order valence-electron chi connectivity index (χ2n) is 3.30. The van der Waals surface area contributed by atoms with Gasteiger partial charge in [-0.1, -0.05) is 36.4 Å². The molecule has 0 unspecified atom stereocenters. The highest BCUT2D eigenvalue weighted by Crippen LogP contribution is 2.23. The highest BCUT2D eigenvalue weighted by molar-refractivity contribution is 6.06. The fraction of sp³-hybridized carbons (Fsp3) is 0. The Bertz CT molecular complexity index is 544. The van der Waals surface area contributed by atoms with Crippen LogP contribution in [0.2, 0.25) is 0 Å². The van der Waals surface area contributed by atoms with Crippen LogP contribution in [-0.4, -0.2) is 4.98 Å². The lowest BCUT2D eigenvalue weighted by Gasteiger charge is -2.01. The summed E-state index contributed by atoms with van der Waals surface area (Å²) in [7, 11) is 0. The molecular weight excluding hydrogens is 170 g/mol. The number of rotatable bonds is 0. The smallest absolute Gasteiger partial charge is 0.0353 e. The predicted molar refractivity (Wildman–Crippen MR) is 58.1 cm³/mol. The van der Waals surface area contributed by atoms with E-state index in [2.05, 4.69) is 47.4 Å². The van der Waals surface area contributed by atoms with Gasteiger partial charge in [0.15, 0.2) is 0 Å². The Morgan fingerprint density at radius 2 is 1.79 bits per heavy atom. The van der Waals surface area contributed by atoms with Crippen LogP contribution in [0.3, 0.4) is 0 Å². The summed E-state index contributed by atoms with van der Waals surface area (Å²) in [6.45, 7) is 0. The maximum Gasteiger partial charge on any atom is 0.0353 e. The van der Waals surface area contributed by atoms with Gasteiger partial charge in [-0.05, 0) is 10.8 Å². The summed E-state index contributed by atoms with van der Waals surface area (Å²) >= 11 is 0. The highest BCUT2D eigenvalue weighted by Gasteiger charge is 1.98. The Morgan fingerprint density at radius 1 is 0.929 bits per heavy atom. The molecule has 0 amide bonds. The first-order chi connectivity index (χ1) is 6.95. The summed E-state index contributed by atoms with van der Waals surface area (Å²) < 4.78 is 0. The first kappa shape index (κ1) is 7.51. The largest absolute Gasteiger partial charge is 0.263 e. The zero-order valence-electron chi connectivity index (χ0n) is 7.57. The van der Waals surface area contributed by atoms with Crippen molar-refractivity contribution >= 4 is 21.5 Å². The molecule has 0 fully saturated rings. The van der Waals surface area contributed by atoms with Gasteiger partial charge in [0, 0.05) is 29.2 Å². The van der Waals surface area contributed by atoms with Crippen LogP contribution < -0.4 is 0 Å². The van der Waals surface area contributed by atoms with Crippen LogP contribution in [0.4, 0.5) is 0 Å². The summed E-state index contributed by atoms with van der Waals surface area (Å²) in [5.74, 6) is 0. The number of hydrogen-bond donors (Lipinski definition) is 0. The van der Waals surface area contributed by atoms with Gasteiger partial charge in [0.25, 0.3) is 0 Å². The molecule has 1 heterocycles. The van der Waals surface area contributed by atoms with E-state index in [0.29, 0.717) is 0 Å². The van der Waals surface area contributed by atoms with Crippen LogP contribution in [0.1, 0.15) is 0 Å². The maximum absolute atomic E-state index is 4.06. The molecule has 0 atom stereocenters. The van der Waals surface area contributed by atoms with E-state index in [1.807, 2.05) is 6.20 Å². The van der Waals surface area contributed by atoms with Crippen molar-refractivity contribution in [2.45, 2.75) is 0 Å². The SMILES string of the molecule is [c]1cncc2ccc3ccccc3c12. The van der Waals surface area contributed by atoms with Crippen LogP contribution in [0.15, 0.2) is 48.8 Å². The molecule has 0 bridgehead atoms. The van der Waals surface area contributed by atoms with E-state index in [4.69, 9.17) is 0 Å². The summed E-state index contributed by atoms with van der Waals surface area (Å²) in [5.41, 5.74) is 0. The lowest BCUT2D eigenvalue weighted by Crippen LogP contribution is -1.78. The molecule has 0 saturated carbocycles. The molecule has 0 aliphatic heterocycles. The highest BCUT2D eigenvalue weighted by atomic mass is 14.6. The van der Waals surface area contributed by atoms with Crippen LogP contribution in [-0.2, 0) is 0 Å². The average molecular weight is 178 g/mol. The summed E-state index contributed by atoms with van der Waals surface area (Å²) in [6, 6.07) is 15.7. The number of nitrogens with zero attached hydrogens (tertiary/aromatic N) is 1. The van der Waals surface area contributed by atoms with Gasteiger partial charge in [-0.25, -0.2) is 0 Å². The van der Waals surface area contributed by atoms with E-state index in [1.54, 1.807) is 6.20 Å². The fourth-order valence-electron chi connectivity index (χ4n) is 1.78. The third-order valence-corrected chi connectivity index (χ3v) is 2.46. The monoisotopic (exact) mass is 178 g/mol. The number of pyridine rings is 1. The summed E-state index contributed by atoms with van der Waals surface area (Å²) in [6.07, 6.45) is 3.59. The molecule has 0 spiro atoms. The summed E-state index contributed by atoms with van der Waals surface area (Å²) in [5, 5.41) is 4.79. The van der Waals surface area contributed by atoms with Gasteiger partial charge in [0.05, 0.1) is 0 Å². The molecule has 1 nitrogen and oxygen atoms in total. The molecular formula is C13H8N. The van der Waals surface area contributed by atoms with E-state index >= 15 is 0 Å². The average Bonchev–Trinajstić information content (AvgIpc) is 2.29. The molecule has 65 valence electrons. The van der Waals surface area contributed by atoms with Crippen molar-refractivity contribution in [3.8, 4) is 0 Å². The minimum absolute atomic E-state index is 1.14. The zero-order chi connectivity index (χ0) is 9.38. The molecule has 0 saturated heterocycles. The van der Waals surface area contributed by atoms with Crippen LogP contribution >= 0.6 is 0 Å². The molecule has 3 rings (SSSR count). The van der Waals surface area contributed by atoms with Crippen molar-refractivity contribution < 1.29 is 0 Å². The Kier molecular flexibility index (Phi) is 1.51. The molecule has 1 radical (unpaired) electrons. The lowest BCUT2D eigenvalue weighted by atomic mass is 10.0. The molecule has 3 aromatic rings. The zero-order valence-corrected chi connectivity index (χ0v) is 7.57. The van der Waals surface area contributed by atoms with Crippen LogP contribution in [0.5, 0.6) is 0 Å². The maximum atomic E-state index is 4.06. The molecule has 1 heteroatoms. The fourth-order valence-corrected chi connectivity index (χ4v) is 1.78. The molecule has 2 aromatic carbocycles. The van der Waals surface area contributed by atoms with E-state index in [0.717, 1.165) is 10.8 Å². The quantitative estimate of drug-likeness (QED) is 0.482. The lowest BCUT2D eigenvalue weighted by molar-refractivity contribution is 1.36. The van der Waals surface area contributed by atoms with E-state index in [1.165, 1.54) is 10.8 Å². The van der Waals surface area contributed by atoms with Gasteiger partial charge >= 0.3 is 0 Å². The normalized spacial score (nSPS) is 10.9. The van der Waals surface area contributed by atoms with Gasteiger partial charge in [-0.15, -0.1) is 0 Å². The van der Waals surface area contributed by atoms with Gasteiger partial charge in [0.1, 0.15) is 0 Å². The number of aromatic nitrogens is 1. The first-order valence-electron chi connectivity index (χ1n) is 4.58. The van der Waals surface area contributed by atoms with Crippen molar-refractivity contribution in [2.75, 3.05) is 0 Å². The van der Waals surface area contributed by atoms with E-state index in [-0.39, 0.29) is 0 Å².